The average Bonchev–Trinajstić information content (AvgIpc) is 2.65. The summed E-state index contributed by atoms with van der Waals surface area (Å²) in [6.07, 6.45) is 5.20. The van der Waals surface area contributed by atoms with Crippen molar-refractivity contribution in [3.8, 4) is 11.5 Å². The van der Waals surface area contributed by atoms with Crippen LogP contribution in [0.15, 0.2) is 24.7 Å². The number of nitrogen functional groups attached to an aromatic ring is 1. The Labute approximate surface area is 80.8 Å². The van der Waals surface area contributed by atoms with E-state index in [-0.39, 0.29) is 0 Å². The summed E-state index contributed by atoms with van der Waals surface area (Å²) in [5, 5.41) is 0. The van der Waals surface area contributed by atoms with Crippen molar-refractivity contribution in [1.29, 1.82) is 0 Å². The van der Waals surface area contributed by atoms with Crippen LogP contribution in [0.2, 0.25) is 0 Å². The Hall–Kier alpha value is -1.95. The molecule has 3 N–H and O–H groups in total. The number of nitrogens with one attached hydrogen (secondary N) is 1. The number of aryl methyl sites for hydroxylation is 1. The van der Waals surface area contributed by atoms with Gasteiger partial charge in [-0.1, -0.05) is 0 Å². The standard InChI is InChI=1S/C8H10N6/c1-14-5-4-10-7(14)6-2-3-11-8(12-6)13-9/h2-5H,9H2,1H3,(H,11,12,13). The van der Waals surface area contributed by atoms with E-state index in [1.807, 2.05) is 17.8 Å². The predicted octanol–water partition coefficient (Wildman–Crippen LogP) is 0.163. The molecule has 72 valence electrons. The van der Waals surface area contributed by atoms with Crippen molar-refractivity contribution in [3.05, 3.63) is 24.7 Å². The molecule has 0 aliphatic rings. The fourth-order valence-corrected chi connectivity index (χ4v) is 1.17. The quantitative estimate of drug-likeness (QED) is 0.521. The molecule has 0 amide bonds. The van der Waals surface area contributed by atoms with Gasteiger partial charge < -0.3 is 4.57 Å². The molecule has 0 aliphatic carbocycles. The lowest BCUT2D eigenvalue weighted by atomic mass is 10.4. The lowest BCUT2D eigenvalue weighted by Crippen LogP contribution is -2.10. The number of hydrazine groups is 1. The molecular formula is C8H10N6. The van der Waals surface area contributed by atoms with Crippen LogP contribution in [0.4, 0.5) is 5.95 Å². The van der Waals surface area contributed by atoms with Crippen LogP contribution in [-0.4, -0.2) is 19.5 Å². The Bertz CT molecular complexity index is 435. The van der Waals surface area contributed by atoms with Crippen LogP contribution >= 0.6 is 0 Å². The number of anilines is 1. The second kappa shape index (κ2) is 3.43. The van der Waals surface area contributed by atoms with Crippen LogP contribution in [0.25, 0.3) is 11.5 Å². The molecule has 14 heavy (non-hydrogen) atoms. The molecule has 0 radical (unpaired) electrons. The van der Waals surface area contributed by atoms with Gasteiger partial charge in [0.1, 0.15) is 5.69 Å². The van der Waals surface area contributed by atoms with Crippen LogP contribution in [0, 0.1) is 0 Å². The minimum Gasteiger partial charge on any atom is -0.333 e. The molecular weight excluding hydrogens is 180 g/mol. The molecule has 0 atom stereocenters. The molecule has 0 spiro atoms. The summed E-state index contributed by atoms with van der Waals surface area (Å²) in [5.41, 5.74) is 3.13. The lowest BCUT2D eigenvalue weighted by Gasteiger charge is -2.02. The van der Waals surface area contributed by atoms with Gasteiger partial charge in [-0.05, 0) is 6.07 Å². The molecule has 0 bridgehead atoms. The van der Waals surface area contributed by atoms with E-state index in [4.69, 9.17) is 5.84 Å². The zero-order chi connectivity index (χ0) is 9.97. The second-order valence-corrected chi connectivity index (χ2v) is 2.77. The fraction of sp³-hybridized carbons (Fsp3) is 0.125. The maximum Gasteiger partial charge on any atom is 0.237 e. The highest BCUT2D eigenvalue weighted by Gasteiger charge is 2.05. The van der Waals surface area contributed by atoms with Crippen molar-refractivity contribution in [3.63, 3.8) is 0 Å². The van der Waals surface area contributed by atoms with Gasteiger partial charge >= 0.3 is 0 Å². The van der Waals surface area contributed by atoms with E-state index in [0.717, 1.165) is 11.5 Å². The zero-order valence-electron chi connectivity index (χ0n) is 7.68. The number of nitrogens with two attached hydrogens (primary N) is 1. The largest absolute Gasteiger partial charge is 0.333 e. The molecule has 2 aromatic heterocycles. The topological polar surface area (TPSA) is 81.7 Å². The Morgan fingerprint density at radius 1 is 1.36 bits per heavy atom. The number of hydrogen-bond donors (Lipinski definition) is 2. The third-order valence-electron chi connectivity index (χ3n) is 1.83. The third-order valence-corrected chi connectivity index (χ3v) is 1.83. The second-order valence-electron chi connectivity index (χ2n) is 2.77. The number of imidazole rings is 1. The first-order valence-electron chi connectivity index (χ1n) is 4.08. The van der Waals surface area contributed by atoms with E-state index < -0.39 is 0 Å². The van der Waals surface area contributed by atoms with Gasteiger partial charge in [-0.2, -0.15) is 0 Å². The van der Waals surface area contributed by atoms with Gasteiger partial charge in [-0.3, -0.25) is 5.43 Å². The number of nitrogens with zero attached hydrogens (tertiary/aromatic N) is 4. The van der Waals surface area contributed by atoms with Gasteiger partial charge in [0, 0.05) is 25.6 Å². The molecule has 0 aromatic carbocycles. The first-order valence-corrected chi connectivity index (χ1v) is 4.08. The van der Waals surface area contributed by atoms with Crippen molar-refractivity contribution in [2.24, 2.45) is 12.9 Å². The number of aromatic nitrogens is 4. The number of rotatable bonds is 2. The van der Waals surface area contributed by atoms with Gasteiger partial charge in [0.15, 0.2) is 5.82 Å². The van der Waals surface area contributed by atoms with Crippen LogP contribution in [0.3, 0.4) is 0 Å². The van der Waals surface area contributed by atoms with Gasteiger partial charge in [-0.15, -0.1) is 0 Å². The highest BCUT2D eigenvalue weighted by molar-refractivity contribution is 5.51. The summed E-state index contributed by atoms with van der Waals surface area (Å²) in [7, 11) is 1.90. The molecule has 0 unspecified atom stereocenters. The Balaban J connectivity index is 2.47. The van der Waals surface area contributed by atoms with E-state index in [0.29, 0.717) is 5.95 Å². The van der Waals surface area contributed by atoms with Gasteiger partial charge in [0.2, 0.25) is 5.95 Å². The minimum atomic E-state index is 0.380. The Morgan fingerprint density at radius 3 is 2.86 bits per heavy atom. The van der Waals surface area contributed by atoms with E-state index in [1.54, 1.807) is 18.5 Å². The highest BCUT2D eigenvalue weighted by Crippen LogP contribution is 2.13. The maximum absolute atomic E-state index is 5.21. The molecule has 0 fully saturated rings. The van der Waals surface area contributed by atoms with Crippen molar-refractivity contribution in [1.82, 2.24) is 19.5 Å². The first kappa shape index (κ1) is 8.64. The summed E-state index contributed by atoms with van der Waals surface area (Å²) in [6.45, 7) is 0. The third kappa shape index (κ3) is 1.42. The van der Waals surface area contributed by atoms with Crippen LogP contribution < -0.4 is 11.3 Å². The molecule has 6 heteroatoms. The van der Waals surface area contributed by atoms with E-state index >= 15 is 0 Å². The average molecular weight is 190 g/mol. The molecule has 2 aromatic rings. The molecule has 0 saturated heterocycles. The summed E-state index contributed by atoms with van der Waals surface area (Å²) in [4.78, 5) is 12.2. The molecule has 2 rings (SSSR count). The Morgan fingerprint density at radius 2 is 2.21 bits per heavy atom. The van der Waals surface area contributed by atoms with Crippen LogP contribution in [-0.2, 0) is 7.05 Å². The Kier molecular flexibility index (Phi) is 2.11. The highest BCUT2D eigenvalue weighted by atomic mass is 15.3. The number of hydrogen-bond acceptors (Lipinski definition) is 5. The maximum atomic E-state index is 5.21. The van der Waals surface area contributed by atoms with Crippen molar-refractivity contribution >= 4 is 5.95 Å². The fourth-order valence-electron chi connectivity index (χ4n) is 1.17. The van der Waals surface area contributed by atoms with E-state index in [2.05, 4.69) is 20.4 Å². The summed E-state index contributed by atoms with van der Waals surface area (Å²) < 4.78 is 1.88. The normalized spacial score (nSPS) is 10.1. The van der Waals surface area contributed by atoms with Gasteiger partial charge in [0.05, 0.1) is 0 Å². The van der Waals surface area contributed by atoms with Gasteiger partial charge in [0.25, 0.3) is 0 Å². The first-order chi connectivity index (χ1) is 6.81. The monoisotopic (exact) mass is 190 g/mol. The van der Waals surface area contributed by atoms with Crippen LogP contribution in [0.1, 0.15) is 0 Å². The molecule has 6 nitrogen and oxygen atoms in total. The SMILES string of the molecule is Cn1ccnc1-c1ccnc(NN)n1. The van der Waals surface area contributed by atoms with Crippen molar-refractivity contribution in [2.75, 3.05) is 5.43 Å². The molecule has 0 saturated carbocycles. The lowest BCUT2D eigenvalue weighted by molar-refractivity contribution is 0.915. The van der Waals surface area contributed by atoms with Gasteiger partial charge in [-0.25, -0.2) is 20.8 Å². The smallest absolute Gasteiger partial charge is 0.237 e. The summed E-state index contributed by atoms with van der Waals surface area (Å²) >= 11 is 0. The van der Waals surface area contributed by atoms with Crippen molar-refractivity contribution in [2.45, 2.75) is 0 Å². The predicted molar refractivity (Wildman–Crippen MR) is 52.0 cm³/mol. The summed E-state index contributed by atoms with van der Waals surface area (Å²) in [6, 6.07) is 1.78. The van der Waals surface area contributed by atoms with Crippen molar-refractivity contribution < 1.29 is 0 Å². The molecule has 0 aliphatic heterocycles. The van der Waals surface area contributed by atoms with E-state index in [1.165, 1.54) is 0 Å². The van der Waals surface area contributed by atoms with Crippen LogP contribution in [0.5, 0.6) is 0 Å². The summed E-state index contributed by atoms with van der Waals surface area (Å²) in [5.74, 6) is 6.37. The van der Waals surface area contributed by atoms with E-state index in [9.17, 15) is 0 Å². The minimum absolute atomic E-state index is 0.380. The molecule has 2 heterocycles. The zero-order valence-corrected chi connectivity index (χ0v) is 7.68.